The highest BCUT2D eigenvalue weighted by Gasteiger charge is 2.19. The quantitative estimate of drug-likeness (QED) is 0.768. The minimum Gasteiger partial charge on any atom is -0.492 e. The van der Waals surface area contributed by atoms with E-state index in [1.807, 2.05) is 26.0 Å². The van der Waals surface area contributed by atoms with Crippen molar-refractivity contribution in [2.75, 3.05) is 44.8 Å². The Kier molecular flexibility index (Phi) is 6.53. The van der Waals surface area contributed by atoms with E-state index in [4.69, 9.17) is 21.1 Å². The highest BCUT2D eigenvalue weighted by atomic mass is 35.5. The molecule has 144 valence electrons. The molecule has 1 N–H and O–H groups in total. The normalized spacial score (nSPS) is 14.1. The van der Waals surface area contributed by atoms with E-state index in [1.54, 1.807) is 17.2 Å². The molecule has 0 radical (unpaired) electrons. The summed E-state index contributed by atoms with van der Waals surface area (Å²) in [5, 5.41) is 3.56. The number of anilines is 1. The van der Waals surface area contributed by atoms with Crippen molar-refractivity contribution in [3.63, 3.8) is 0 Å². The zero-order chi connectivity index (χ0) is 19.2. The van der Waals surface area contributed by atoms with Crippen LogP contribution in [0, 0.1) is 13.8 Å². The maximum absolute atomic E-state index is 12.5. The van der Waals surface area contributed by atoms with Crippen molar-refractivity contribution in [2.45, 2.75) is 13.8 Å². The first-order chi connectivity index (χ1) is 13.0. The Morgan fingerprint density at radius 2 is 1.93 bits per heavy atom. The predicted octanol–water partition coefficient (Wildman–Crippen LogP) is 3.32. The number of hydrogen-bond acceptors (Lipinski definition) is 5. The molecular formula is C20H24ClN3O3. The van der Waals surface area contributed by atoms with Crippen molar-refractivity contribution in [3.8, 4) is 5.75 Å². The van der Waals surface area contributed by atoms with Crippen molar-refractivity contribution in [2.24, 2.45) is 0 Å². The van der Waals surface area contributed by atoms with Crippen LogP contribution in [0.3, 0.4) is 0 Å². The fraction of sp³-hybridized carbons (Fsp3) is 0.400. The Labute approximate surface area is 164 Å². The minimum absolute atomic E-state index is 0.0719. The van der Waals surface area contributed by atoms with Crippen LogP contribution in [0.5, 0.6) is 5.75 Å². The first kappa shape index (κ1) is 19.5. The first-order valence-electron chi connectivity index (χ1n) is 9.00. The molecule has 0 aliphatic carbocycles. The summed E-state index contributed by atoms with van der Waals surface area (Å²) in [5.74, 6) is 1.32. The fourth-order valence-electron chi connectivity index (χ4n) is 2.99. The summed E-state index contributed by atoms with van der Waals surface area (Å²) in [7, 11) is 0. The van der Waals surface area contributed by atoms with Crippen LogP contribution in [-0.2, 0) is 4.74 Å². The third-order valence-electron chi connectivity index (χ3n) is 4.24. The molecule has 2 heterocycles. The average Bonchev–Trinajstić information content (AvgIpc) is 2.65. The number of pyridine rings is 1. The Hall–Kier alpha value is -2.31. The molecule has 27 heavy (non-hydrogen) atoms. The van der Waals surface area contributed by atoms with E-state index >= 15 is 0 Å². The summed E-state index contributed by atoms with van der Waals surface area (Å²) in [6.45, 7) is 7.42. The maximum Gasteiger partial charge on any atom is 0.255 e. The van der Waals surface area contributed by atoms with Crippen LogP contribution in [0.1, 0.15) is 21.5 Å². The van der Waals surface area contributed by atoms with Crippen molar-refractivity contribution in [1.82, 2.24) is 9.88 Å². The topological polar surface area (TPSA) is 63.7 Å². The number of aryl methyl sites for hydroxylation is 2. The number of ether oxygens (including phenoxy) is 2. The van der Waals surface area contributed by atoms with Gasteiger partial charge in [-0.05, 0) is 43.2 Å². The monoisotopic (exact) mass is 389 g/mol. The third-order valence-corrected chi connectivity index (χ3v) is 4.53. The molecule has 0 bridgehead atoms. The molecule has 1 amide bonds. The molecule has 0 atom stereocenters. The van der Waals surface area contributed by atoms with Gasteiger partial charge in [-0.3, -0.25) is 4.79 Å². The summed E-state index contributed by atoms with van der Waals surface area (Å²) >= 11 is 6.29. The molecule has 3 rings (SSSR count). The number of nitrogens with zero attached hydrogens (tertiary/aromatic N) is 2. The van der Waals surface area contributed by atoms with Gasteiger partial charge in [0, 0.05) is 19.3 Å². The molecule has 0 saturated carbocycles. The molecule has 1 aromatic carbocycles. The van der Waals surface area contributed by atoms with Crippen LogP contribution in [-0.4, -0.2) is 55.2 Å². The van der Waals surface area contributed by atoms with E-state index in [0.717, 1.165) is 5.75 Å². The SMILES string of the molecule is Cc1cc(C)cc(OCCNc2ncc(C(=O)N3CCOCC3)cc2Cl)c1. The molecule has 1 saturated heterocycles. The number of aromatic nitrogens is 1. The van der Waals surface area contributed by atoms with E-state index in [1.165, 1.54) is 11.1 Å². The zero-order valence-electron chi connectivity index (χ0n) is 15.6. The zero-order valence-corrected chi connectivity index (χ0v) is 16.4. The van der Waals surface area contributed by atoms with Gasteiger partial charge in [0.05, 0.1) is 30.3 Å². The standard InChI is InChI=1S/C20H24ClN3O3/c1-14-9-15(2)11-17(10-14)27-6-3-22-19-18(21)12-16(13-23-19)20(25)24-4-7-26-8-5-24/h9-13H,3-8H2,1-2H3,(H,22,23). The van der Waals surface area contributed by atoms with Gasteiger partial charge in [-0.2, -0.15) is 0 Å². The smallest absolute Gasteiger partial charge is 0.255 e. The molecule has 1 aliphatic rings. The molecule has 6 nitrogen and oxygen atoms in total. The second-order valence-corrected chi connectivity index (χ2v) is 6.96. The number of hydrogen-bond donors (Lipinski definition) is 1. The molecule has 0 unspecified atom stereocenters. The highest BCUT2D eigenvalue weighted by Crippen LogP contribution is 2.21. The lowest BCUT2D eigenvalue weighted by molar-refractivity contribution is 0.0302. The number of morpholine rings is 1. The van der Waals surface area contributed by atoms with E-state index in [-0.39, 0.29) is 5.91 Å². The lowest BCUT2D eigenvalue weighted by Crippen LogP contribution is -2.40. The fourth-order valence-corrected chi connectivity index (χ4v) is 3.22. The molecule has 2 aromatic rings. The predicted molar refractivity (Wildman–Crippen MR) is 106 cm³/mol. The molecule has 7 heteroatoms. The Morgan fingerprint density at radius 3 is 2.59 bits per heavy atom. The molecule has 1 fully saturated rings. The number of rotatable bonds is 6. The van der Waals surface area contributed by atoms with Crippen LogP contribution in [0.15, 0.2) is 30.5 Å². The largest absolute Gasteiger partial charge is 0.492 e. The first-order valence-corrected chi connectivity index (χ1v) is 9.38. The van der Waals surface area contributed by atoms with Crippen molar-refractivity contribution in [3.05, 3.63) is 52.2 Å². The van der Waals surface area contributed by atoms with Gasteiger partial charge in [0.1, 0.15) is 18.2 Å². The van der Waals surface area contributed by atoms with E-state index in [2.05, 4.69) is 16.4 Å². The van der Waals surface area contributed by atoms with Crippen LogP contribution in [0.2, 0.25) is 5.02 Å². The van der Waals surface area contributed by atoms with E-state index < -0.39 is 0 Å². The van der Waals surface area contributed by atoms with Crippen molar-refractivity contribution < 1.29 is 14.3 Å². The van der Waals surface area contributed by atoms with Gasteiger partial charge >= 0.3 is 0 Å². The van der Waals surface area contributed by atoms with Gasteiger partial charge in [0.25, 0.3) is 5.91 Å². The molecule has 0 spiro atoms. The van der Waals surface area contributed by atoms with Gasteiger partial charge < -0.3 is 19.7 Å². The van der Waals surface area contributed by atoms with Crippen LogP contribution in [0.25, 0.3) is 0 Å². The molecular weight excluding hydrogens is 366 g/mol. The lowest BCUT2D eigenvalue weighted by atomic mass is 10.1. The van der Waals surface area contributed by atoms with Crippen molar-refractivity contribution in [1.29, 1.82) is 0 Å². The van der Waals surface area contributed by atoms with Crippen LogP contribution in [0.4, 0.5) is 5.82 Å². The lowest BCUT2D eigenvalue weighted by Gasteiger charge is -2.26. The molecule has 1 aromatic heterocycles. The summed E-state index contributed by atoms with van der Waals surface area (Å²) in [4.78, 5) is 18.5. The van der Waals surface area contributed by atoms with Gasteiger partial charge in [-0.15, -0.1) is 0 Å². The average molecular weight is 390 g/mol. The van der Waals surface area contributed by atoms with Gasteiger partial charge in [-0.1, -0.05) is 17.7 Å². The second kappa shape index (κ2) is 9.06. The van der Waals surface area contributed by atoms with Gasteiger partial charge in [0.15, 0.2) is 0 Å². The van der Waals surface area contributed by atoms with Crippen LogP contribution < -0.4 is 10.1 Å². The van der Waals surface area contributed by atoms with E-state index in [9.17, 15) is 4.79 Å². The summed E-state index contributed by atoms with van der Waals surface area (Å²) < 4.78 is 11.0. The summed E-state index contributed by atoms with van der Waals surface area (Å²) in [6, 6.07) is 7.77. The highest BCUT2D eigenvalue weighted by molar-refractivity contribution is 6.33. The molecule has 1 aliphatic heterocycles. The van der Waals surface area contributed by atoms with Gasteiger partial charge in [0.2, 0.25) is 0 Å². The van der Waals surface area contributed by atoms with Crippen molar-refractivity contribution >= 4 is 23.3 Å². The number of benzene rings is 1. The Bertz CT molecular complexity index is 787. The number of carbonyl (C=O) groups excluding carboxylic acids is 1. The Balaban J connectivity index is 1.52. The Morgan fingerprint density at radius 1 is 1.22 bits per heavy atom. The number of nitrogens with one attached hydrogen (secondary N) is 1. The second-order valence-electron chi connectivity index (χ2n) is 6.56. The summed E-state index contributed by atoms with van der Waals surface area (Å²) in [6.07, 6.45) is 1.55. The number of amides is 1. The maximum atomic E-state index is 12.5. The summed E-state index contributed by atoms with van der Waals surface area (Å²) in [5.41, 5.74) is 2.82. The van der Waals surface area contributed by atoms with Crippen LogP contribution >= 0.6 is 11.6 Å². The van der Waals surface area contributed by atoms with Gasteiger partial charge in [-0.25, -0.2) is 4.98 Å². The minimum atomic E-state index is -0.0719. The number of halogens is 1. The van der Waals surface area contributed by atoms with E-state index in [0.29, 0.717) is 55.9 Å². The third kappa shape index (κ3) is 5.34. The number of carbonyl (C=O) groups is 1.